The first-order valence-electron chi connectivity index (χ1n) is 8.39. The highest BCUT2D eigenvalue weighted by Gasteiger charge is 2.33. The molecule has 2 rings (SSSR count). The molecule has 0 aliphatic heterocycles. The Morgan fingerprint density at radius 1 is 1.04 bits per heavy atom. The largest absolute Gasteiger partial charge is 0.276 e. The van der Waals surface area contributed by atoms with Crippen LogP contribution < -0.4 is 0 Å². The molecule has 1 aromatic carbocycles. The molecule has 140 valence electrons. The van der Waals surface area contributed by atoms with E-state index in [2.05, 4.69) is 0 Å². The number of rotatable bonds is 5. The van der Waals surface area contributed by atoms with Crippen molar-refractivity contribution in [2.75, 3.05) is 6.26 Å². The van der Waals surface area contributed by atoms with Gasteiger partial charge in [0.25, 0.3) is 5.24 Å². The van der Waals surface area contributed by atoms with Crippen LogP contribution in [0.15, 0.2) is 21.9 Å². The molecular formula is C17H23ClO5S2. The van der Waals surface area contributed by atoms with Crippen LogP contribution in [-0.4, -0.2) is 33.6 Å². The van der Waals surface area contributed by atoms with Gasteiger partial charge in [0.1, 0.15) is 0 Å². The predicted molar refractivity (Wildman–Crippen MR) is 97.8 cm³/mol. The molecule has 0 unspecified atom stereocenters. The summed E-state index contributed by atoms with van der Waals surface area (Å²) in [5, 5.41) is -1.38. The van der Waals surface area contributed by atoms with Crippen LogP contribution >= 0.6 is 11.6 Å². The number of carbonyl (C=O) groups excluding carboxylic acids is 1. The van der Waals surface area contributed by atoms with Gasteiger partial charge in [-0.05, 0) is 48.6 Å². The zero-order valence-corrected chi connectivity index (χ0v) is 16.8. The van der Waals surface area contributed by atoms with Crippen LogP contribution in [-0.2, 0) is 26.1 Å². The second-order valence-electron chi connectivity index (χ2n) is 6.51. The molecule has 5 nitrogen and oxygen atoms in total. The molecule has 0 bridgehead atoms. The van der Waals surface area contributed by atoms with Crippen LogP contribution in [0.4, 0.5) is 0 Å². The summed E-state index contributed by atoms with van der Waals surface area (Å²) in [5.74, 6) is 0. The van der Waals surface area contributed by atoms with E-state index in [1.165, 1.54) is 6.07 Å². The summed E-state index contributed by atoms with van der Waals surface area (Å²) in [4.78, 5) is 11.1. The fourth-order valence-corrected chi connectivity index (χ4v) is 7.02. The van der Waals surface area contributed by atoms with Crippen LogP contribution in [0.5, 0.6) is 0 Å². The summed E-state index contributed by atoms with van der Waals surface area (Å²) in [7, 11) is -7.64. The van der Waals surface area contributed by atoms with Gasteiger partial charge in [-0.2, -0.15) is 0 Å². The third kappa shape index (κ3) is 4.44. The zero-order chi connectivity index (χ0) is 18.8. The molecule has 0 saturated heterocycles. The van der Waals surface area contributed by atoms with Gasteiger partial charge in [-0.1, -0.05) is 32.6 Å². The average Bonchev–Trinajstić information content (AvgIpc) is 2.82. The summed E-state index contributed by atoms with van der Waals surface area (Å²) in [6.07, 6.45) is 6.00. The third-order valence-corrected chi connectivity index (χ3v) is 8.48. The van der Waals surface area contributed by atoms with E-state index in [0.29, 0.717) is 24.8 Å². The van der Waals surface area contributed by atoms with Crippen molar-refractivity contribution in [1.82, 2.24) is 0 Å². The fourth-order valence-electron chi connectivity index (χ4n) is 3.32. The summed E-state index contributed by atoms with van der Waals surface area (Å²) in [6, 6.07) is 2.44. The molecule has 0 spiro atoms. The van der Waals surface area contributed by atoms with Gasteiger partial charge in [0.15, 0.2) is 19.7 Å². The molecule has 1 aliphatic rings. The van der Waals surface area contributed by atoms with Crippen molar-refractivity contribution >= 4 is 36.5 Å². The van der Waals surface area contributed by atoms with Crippen molar-refractivity contribution in [2.45, 2.75) is 66.9 Å². The molecule has 0 radical (unpaired) electrons. The molecule has 0 aromatic heterocycles. The Morgan fingerprint density at radius 2 is 1.60 bits per heavy atom. The summed E-state index contributed by atoms with van der Waals surface area (Å²) < 4.78 is 50.8. The van der Waals surface area contributed by atoms with Crippen LogP contribution in [0, 0.1) is 0 Å². The Morgan fingerprint density at radius 3 is 2.04 bits per heavy atom. The molecular weight excluding hydrogens is 384 g/mol. The van der Waals surface area contributed by atoms with Gasteiger partial charge >= 0.3 is 0 Å². The Labute approximate surface area is 154 Å². The standard InChI is InChI=1S/C17H23ClO5S2/c1-3-12-10-16(15(24(2,20)21)11-14(12)17(18)19)25(22,23)13-8-6-4-5-7-9-13/h10-11,13H,3-9H2,1-2H3. The molecule has 0 atom stereocenters. The van der Waals surface area contributed by atoms with Crippen molar-refractivity contribution in [2.24, 2.45) is 0 Å². The third-order valence-electron chi connectivity index (χ3n) is 4.71. The van der Waals surface area contributed by atoms with E-state index >= 15 is 0 Å². The topological polar surface area (TPSA) is 85.3 Å². The number of carbonyl (C=O) groups is 1. The van der Waals surface area contributed by atoms with Crippen molar-refractivity contribution in [1.29, 1.82) is 0 Å². The van der Waals surface area contributed by atoms with E-state index in [1.807, 2.05) is 0 Å². The maximum atomic E-state index is 13.2. The first kappa shape index (κ1) is 20.4. The summed E-state index contributed by atoms with van der Waals surface area (Å²) in [6.45, 7) is 1.76. The molecule has 1 aliphatic carbocycles. The van der Waals surface area contributed by atoms with Gasteiger partial charge in [0, 0.05) is 11.8 Å². The van der Waals surface area contributed by atoms with Gasteiger partial charge in [-0.25, -0.2) is 16.8 Å². The first-order valence-corrected chi connectivity index (χ1v) is 12.2. The molecule has 1 aromatic rings. The second kappa shape index (κ2) is 7.76. The zero-order valence-electron chi connectivity index (χ0n) is 14.4. The van der Waals surface area contributed by atoms with Gasteiger partial charge in [0.05, 0.1) is 15.0 Å². The molecule has 0 N–H and O–H groups in total. The molecule has 8 heteroatoms. The molecule has 25 heavy (non-hydrogen) atoms. The number of benzene rings is 1. The lowest BCUT2D eigenvalue weighted by Gasteiger charge is -2.19. The van der Waals surface area contributed by atoms with E-state index in [4.69, 9.17) is 11.6 Å². The van der Waals surface area contributed by atoms with E-state index < -0.39 is 30.2 Å². The smallest absolute Gasteiger partial charge is 0.252 e. The highest BCUT2D eigenvalue weighted by molar-refractivity contribution is 7.94. The lowest BCUT2D eigenvalue weighted by molar-refractivity contribution is 0.108. The number of halogens is 1. The highest BCUT2D eigenvalue weighted by Crippen LogP contribution is 2.33. The number of hydrogen-bond donors (Lipinski definition) is 0. The van der Waals surface area contributed by atoms with Gasteiger partial charge < -0.3 is 0 Å². The van der Waals surface area contributed by atoms with Crippen LogP contribution in [0.25, 0.3) is 0 Å². The monoisotopic (exact) mass is 406 g/mol. The molecule has 1 saturated carbocycles. The normalized spacial score (nSPS) is 17.2. The quantitative estimate of drug-likeness (QED) is 0.551. The Kier molecular flexibility index (Phi) is 6.33. The lowest BCUT2D eigenvalue weighted by atomic mass is 10.1. The SMILES string of the molecule is CCc1cc(S(=O)(=O)C2CCCCCC2)c(S(C)(=O)=O)cc1C(=O)Cl. The highest BCUT2D eigenvalue weighted by atomic mass is 35.5. The minimum atomic E-state index is -3.84. The molecule has 1 fully saturated rings. The predicted octanol–water partition coefficient (Wildman–Crippen LogP) is 3.53. The van der Waals surface area contributed by atoms with Gasteiger partial charge in [0.2, 0.25) is 0 Å². The van der Waals surface area contributed by atoms with E-state index in [1.54, 1.807) is 6.92 Å². The summed E-state index contributed by atoms with van der Waals surface area (Å²) >= 11 is 5.56. The Balaban J connectivity index is 2.72. The Bertz CT molecular complexity index is 865. The van der Waals surface area contributed by atoms with Crippen LogP contribution in [0.1, 0.15) is 61.4 Å². The van der Waals surface area contributed by atoms with E-state index in [0.717, 1.165) is 38.0 Å². The fraction of sp³-hybridized carbons (Fsp3) is 0.588. The van der Waals surface area contributed by atoms with Crippen LogP contribution in [0.2, 0.25) is 0 Å². The maximum absolute atomic E-state index is 13.2. The van der Waals surface area contributed by atoms with Crippen molar-refractivity contribution in [3.8, 4) is 0 Å². The van der Waals surface area contributed by atoms with Crippen LogP contribution in [0.3, 0.4) is 0 Å². The number of hydrogen-bond acceptors (Lipinski definition) is 5. The van der Waals surface area contributed by atoms with E-state index in [-0.39, 0.29) is 15.4 Å². The second-order valence-corrected chi connectivity index (χ2v) is 11.0. The molecule has 0 amide bonds. The van der Waals surface area contributed by atoms with Crippen molar-refractivity contribution < 1.29 is 21.6 Å². The minimum Gasteiger partial charge on any atom is -0.276 e. The first-order chi connectivity index (χ1) is 11.6. The molecule has 0 heterocycles. The average molecular weight is 407 g/mol. The maximum Gasteiger partial charge on any atom is 0.252 e. The number of sulfone groups is 2. The van der Waals surface area contributed by atoms with Gasteiger partial charge in [-0.15, -0.1) is 0 Å². The van der Waals surface area contributed by atoms with E-state index in [9.17, 15) is 21.6 Å². The van der Waals surface area contributed by atoms with Gasteiger partial charge in [-0.3, -0.25) is 4.79 Å². The van der Waals surface area contributed by atoms with Crippen molar-refractivity contribution in [3.05, 3.63) is 23.3 Å². The number of aryl methyl sites for hydroxylation is 1. The summed E-state index contributed by atoms with van der Waals surface area (Å²) in [5.41, 5.74) is 0.490. The lowest BCUT2D eigenvalue weighted by Crippen LogP contribution is -2.23. The Hall–Kier alpha value is -0.920. The minimum absolute atomic E-state index is 0.0457. The van der Waals surface area contributed by atoms with Crippen molar-refractivity contribution in [3.63, 3.8) is 0 Å².